The first-order valence-electron chi connectivity index (χ1n) is 10.1. The number of hydrogen-bond donors (Lipinski definition) is 2. The van der Waals surface area contributed by atoms with Crippen LogP contribution in [0.25, 0.3) is 11.3 Å². The number of ether oxygens (including phenoxy) is 1. The van der Waals surface area contributed by atoms with Crippen molar-refractivity contribution in [3.8, 4) is 17.0 Å². The molecule has 0 saturated heterocycles. The number of amides is 2. The number of hydrogen-bond acceptors (Lipinski definition) is 4. The van der Waals surface area contributed by atoms with Gasteiger partial charge in [-0.1, -0.05) is 36.4 Å². The highest BCUT2D eigenvalue weighted by atomic mass is 16.5. The molecule has 0 saturated carbocycles. The molecule has 0 radical (unpaired) electrons. The normalized spacial score (nSPS) is 10.5. The molecule has 2 amide bonds. The number of carbonyl (C=O) groups is 1. The molecule has 0 aliphatic rings. The lowest BCUT2D eigenvalue weighted by molar-refractivity contribution is 0.252. The Kier molecular flexibility index (Phi) is 7.32. The summed E-state index contributed by atoms with van der Waals surface area (Å²) in [6, 6.07) is 15.6. The van der Waals surface area contributed by atoms with Gasteiger partial charge >= 0.3 is 6.03 Å². The van der Waals surface area contributed by atoms with Gasteiger partial charge in [0.15, 0.2) is 0 Å². The van der Waals surface area contributed by atoms with Gasteiger partial charge in [-0.25, -0.2) is 9.78 Å². The van der Waals surface area contributed by atoms with Gasteiger partial charge in [-0.2, -0.15) is 0 Å². The molecule has 0 aliphatic carbocycles. The molecule has 2 aromatic carbocycles. The summed E-state index contributed by atoms with van der Waals surface area (Å²) in [7, 11) is 3.87. The van der Waals surface area contributed by atoms with E-state index in [4.69, 9.17) is 4.74 Å². The Bertz CT molecular complexity index is 953. The average molecular weight is 408 g/mol. The van der Waals surface area contributed by atoms with Gasteiger partial charge in [0, 0.05) is 38.9 Å². The average Bonchev–Trinajstić information content (AvgIpc) is 3.21. The summed E-state index contributed by atoms with van der Waals surface area (Å²) in [6.07, 6.45) is 4.71. The number of urea groups is 1. The molecule has 7 heteroatoms. The molecule has 0 fully saturated rings. The molecule has 0 aliphatic heterocycles. The van der Waals surface area contributed by atoms with Crippen LogP contribution in [0, 0.1) is 0 Å². The molecule has 0 bridgehead atoms. The monoisotopic (exact) mass is 407 g/mol. The van der Waals surface area contributed by atoms with Crippen molar-refractivity contribution in [1.29, 1.82) is 0 Å². The maximum Gasteiger partial charge on any atom is 0.319 e. The molecule has 1 heterocycles. The maximum absolute atomic E-state index is 12.1. The summed E-state index contributed by atoms with van der Waals surface area (Å²) in [5, 5.41) is 5.67. The van der Waals surface area contributed by atoms with Crippen molar-refractivity contribution in [1.82, 2.24) is 14.9 Å². The first kappa shape index (κ1) is 21.2. The van der Waals surface area contributed by atoms with Gasteiger partial charge < -0.3 is 24.8 Å². The second-order valence-corrected chi connectivity index (χ2v) is 7.09. The fourth-order valence-electron chi connectivity index (χ4n) is 3.13. The first-order chi connectivity index (χ1) is 14.6. The Hall–Kier alpha value is -3.48. The fourth-order valence-corrected chi connectivity index (χ4v) is 3.13. The quantitative estimate of drug-likeness (QED) is 0.521. The largest absolute Gasteiger partial charge is 0.491 e. The van der Waals surface area contributed by atoms with E-state index >= 15 is 0 Å². The van der Waals surface area contributed by atoms with Crippen molar-refractivity contribution in [2.75, 3.05) is 37.5 Å². The molecule has 7 nitrogen and oxygen atoms in total. The topological polar surface area (TPSA) is 71.4 Å². The third-order valence-corrected chi connectivity index (χ3v) is 4.58. The van der Waals surface area contributed by atoms with Gasteiger partial charge in [0.1, 0.15) is 11.4 Å². The second-order valence-electron chi connectivity index (χ2n) is 7.09. The summed E-state index contributed by atoms with van der Waals surface area (Å²) in [4.78, 5) is 18.5. The van der Waals surface area contributed by atoms with Crippen LogP contribution in [-0.2, 0) is 6.54 Å². The van der Waals surface area contributed by atoms with Crippen LogP contribution in [0.3, 0.4) is 0 Å². The summed E-state index contributed by atoms with van der Waals surface area (Å²) in [5.41, 5.74) is 3.63. The maximum atomic E-state index is 12.1. The van der Waals surface area contributed by atoms with Crippen LogP contribution in [0.2, 0.25) is 0 Å². The summed E-state index contributed by atoms with van der Waals surface area (Å²) >= 11 is 0. The molecule has 0 spiro atoms. The number of rotatable bonds is 9. The van der Waals surface area contributed by atoms with E-state index < -0.39 is 0 Å². The number of nitrogens with one attached hydrogen (secondary N) is 2. The van der Waals surface area contributed by atoms with Gasteiger partial charge in [-0.3, -0.25) is 0 Å². The predicted molar refractivity (Wildman–Crippen MR) is 121 cm³/mol. The number of carbonyl (C=O) groups excluding carboxylic acids is 1. The third kappa shape index (κ3) is 5.53. The van der Waals surface area contributed by atoms with Crippen molar-refractivity contribution in [3.05, 3.63) is 61.1 Å². The minimum atomic E-state index is -0.247. The summed E-state index contributed by atoms with van der Waals surface area (Å²) in [5.74, 6) is 0.656. The number of imidazole rings is 1. The SMILES string of the molecule is CCNC(=O)Nc1c(OCCCn2cnc(-c3ccccc3)c2)cccc1N(C)C. The highest BCUT2D eigenvalue weighted by Crippen LogP contribution is 2.34. The Morgan fingerprint density at radius 1 is 1.13 bits per heavy atom. The highest BCUT2D eigenvalue weighted by Gasteiger charge is 2.14. The Morgan fingerprint density at radius 3 is 2.67 bits per heavy atom. The van der Waals surface area contributed by atoms with E-state index in [9.17, 15) is 4.79 Å². The molecule has 3 rings (SSSR count). The van der Waals surface area contributed by atoms with Crippen molar-refractivity contribution < 1.29 is 9.53 Å². The van der Waals surface area contributed by atoms with Gasteiger partial charge in [0.25, 0.3) is 0 Å². The zero-order valence-corrected chi connectivity index (χ0v) is 17.8. The number of aryl methyl sites for hydroxylation is 1. The molecule has 30 heavy (non-hydrogen) atoms. The smallest absolute Gasteiger partial charge is 0.319 e. The van der Waals surface area contributed by atoms with E-state index in [0.717, 1.165) is 29.9 Å². The van der Waals surface area contributed by atoms with Gasteiger partial charge in [-0.15, -0.1) is 0 Å². The van der Waals surface area contributed by atoms with Gasteiger partial charge in [0.2, 0.25) is 0 Å². The van der Waals surface area contributed by atoms with Crippen LogP contribution in [0.5, 0.6) is 5.75 Å². The summed E-state index contributed by atoms with van der Waals surface area (Å²) in [6.45, 7) is 3.77. The van der Waals surface area contributed by atoms with Crippen molar-refractivity contribution in [3.63, 3.8) is 0 Å². The minimum Gasteiger partial charge on any atom is -0.491 e. The first-order valence-corrected chi connectivity index (χ1v) is 10.1. The lowest BCUT2D eigenvalue weighted by atomic mass is 10.2. The zero-order valence-electron chi connectivity index (χ0n) is 17.8. The molecule has 158 valence electrons. The fraction of sp³-hybridized carbons (Fsp3) is 0.304. The molecular formula is C23H29N5O2. The van der Waals surface area contributed by atoms with Crippen molar-refractivity contribution >= 4 is 17.4 Å². The van der Waals surface area contributed by atoms with Crippen LogP contribution >= 0.6 is 0 Å². The third-order valence-electron chi connectivity index (χ3n) is 4.58. The highest BCUT2D eigenvalue weighted by molar-refractivity contribution is 5.95. The Morgan fingerprint density at radius 2 is 1.93 bits per heavy atom. The zero-order chi connectivity index (χ0) is 21.3. The molecular weight excluding hydrogens is 378 g/mol. The van der Waals surface area contributed by atoms with Crippen molar-refractivity contribution in [2.24, 2.45) is 0 Å². The number of aromatic nitrogens is 2. The van der Waals surface area contributed by atoms with E-state index in [1.54, 1.807) is 0 Å². The summed E-state index contributed by atoms with van der Waals surface area (Å²) < 4.78 is 8.08. The van der Waals surface area contributed by atoms with E-state index in [1.165, 1.54) is 0 Å². The predicted octanol–water partition coefficient (Wildman–Crippen LogP) is 4.23. The number of nitrogens with zero attached hydrogens (tertiary/aromatic N) is 3. The molecule has 1 aromatic heterocycles. The van der Waals surface area contributed by atoms with Crippen LogP contribution in [0.1, 0.15) is 13.3 Å². The Balaban J connectivity index is 1.60. The standard InChI is InChI=1S/C23H29N5O2/c1-4-24-23(29)26-22-20(27(2)3)12-8-13-21(22)30-15-9-14-28-16-19(25-17-28)18-10-6-5-7-11-18/h5-8,10-13,16-17H,4,9,14-15H2,1-3H3,(H2,24,26,29). The van der Waals surface area contributed by atoms with E-state index in [1.807, 2.05) is 74.8 Å². The number of benzene rings is 2. The lowest BCUT2D eigenvalue weighted by Gasteiger charge is -2.21. The van der Waals surface area contributed by atoms with Crippen molar-refractivity contribution in [2.45, 2.75) is 19.9 Å². The van der Waals surface area contributed by atoms with E-state index in [0.29, 0.717) is 24.6 Å². The minimum absolute atomic E-state index is 0.247. The molecule has 2 N–H and O–H groups in total. The number of para-hydroxylation sites is 1. The van der Waals surface area contributed by atoms with Gasteiger partial charge in [-0.05, 0) is 25.5 Å². The van der Waals surface area contributed by atoms with Crippen LogP contribution < -0.4 is 20.3 Å². The van der Waals surface area contributed by atoms with Crippen LogP contribution in [0.4, 0.5) is 16.2 Å². The van der Waals surface area contributed by atoms with E-state index in [-0.39, 0.29) is 6.03 Å². The molecule has 0 atom stereocenters. The van der Waals surface area contributed by atoms with E-state index in [2.05, 4.69) is 32.3 Å². The van der Waals surface area contributed by atoms with Crippen LogP contribution in [0.15, 0.2) is 61.1 Å². The van der Waals surface area contributed by atoms with Crippen LogP contribution in [-0.4, -0.2) is 42.8 Å². The molecule has 0 unspecified atom stereocenters. The lowest BCUT2D eigenvalue weighted by Crippen LogP contribution is -2.29. The van der Waals surface area contributed by atoms with Gasteiger partial charge in [0.05, 0.1) is 24.3 Å². The number of anilines is 2. The second kappa shape index (κ2) is 10.3. The molecule has 3 aromatic rings. The Labute approximate surface area is 177 Å².